The number of rotatable bonds is 3. The molecule has 0 amide bonds. The van der Waals surface area contributed by atoms with Crippen LogP contribution < -0.4 is 0 Å². The van der Waals surface area contributed by atoms with E-state index in [1.807, 2.05) is 24.8 Å². The predicted octanol–water partition coefficient (Wildman–Crippen LogP) is 29.3. The minimum Gasteiger partial charge on any atom is -0.265 e. The molecular formula is C93H165N3. The third-order valence-corrected chi connectivity index (χ3v) is 24.0. The fraction of sp³-hybridized carbons (Fsp3) is 0.839. The van der Waals surface area contributed by atoms with Crippen molar-refractivity contribution in [2.75, 3.05) is 0 Å². The van der Waals surface area contributed by atoms with Gasteiger partial charge in [0, 0.05) is 24.8 Å². The van der Waals surface area contributed by atoms with Crippen LogP contribution in [-0.4, -0.2) is 15.0 Å². The highest BCUT2D eigenvalue weighted by atomic mass is 14.8. The summed E-state index contributed by atoms with van der Waals surface area (Å²) in [5.74, 6) is 12.8. The first-order valence-corrected chi connectivity index (χ1v) is 40.9. The first-order valence-electron chi connectivity index (χ1n) is 40.9. The summed E-state index contributed by atoms with van der Waals surface area (Å²) in [7, 11) is 0. The second-order valence-electron chi connectivity index (χ2n) is 43.4. The lowest BCUT2D eigenvalue weighted by Gasteiger charge is -2.58. The zero-order valence-corrected chi connectivity index (χ0v) is 69.4. The Morgan fingerprint density at radius 1 is 0.281 bits per heavy atom. The first-order chi connectivity index (χ1) is 44.3. The summed E-state index contributed by atoms with van der Waals surface area (Å²) < 4.78 is 0. The Hall–Kier alpha value is -2.55. The fourth-order valence-electron chi connectivity index (χ4n) is 19.0. The molecule has 3 heteroatoms. The highest BCUT2D eigenvalue weighted by Crippen LogP contribution is 2.61. The van der Waals surface area contributed by atoms with E-state index in [-0.39, 0.29) is 0 Å². The van der Waals surface area contributed by atoms with Gasteiger partial charge in [0.25, 0.3) is 0 Å². The van der Waals surface area contributed by atoms with Crippen molar-refractivity contribution >= 4 is 0 Å². The van der Waals surface area contributed by atoms with Crippen LogP contribution in [0.1, 0.15) is 377 Å². The lowest BCUT2D eigenvalue weighted by atomic mass is 9.47. The smallest absolute Gasteiger partial charge is 0.115 e. The number of pyridine rings is 1. The second-order valence-corrected chi connectivity index (χ2v) is 43.4. The molecular weight excluding hydrogens is 1160 g/mol. The molecule has 3 atom stereocenters. The van der Waals surface area contributed by atoms with Gasteiger partial charge in [-0.3, -0.25) is 4.98 Å². The summed E-state index contributed by atoms with van der Waals surface area (Å²) >= 11 is 0. The molecule has 13 rings (SSSR count). The van der Waals surface area contributed by atoms with E-state index in [2.05, 4.69) is 244 Å². The van der Waals surface area contributed by atoms with Crippen LogP contribution in [-0.2, 0) is 19.3 Å². The fourth-order valence-corrected chi connectivity index (χ4v) is 19.0. The number of hydrogen-bond donors (Lipinski definition) is 0. The predicted molar refractivity (Wildman–Crippen MR) is 425 cm³/mol. The number of aromatic nitrogens is 3. The maximum absolute atomic E-state index is 3.98. The maximum atomic E-state index is 3.98. The van der Waals surface area contributed by atoms with Crippen LogP contribution in [0.2, 0.25) is 0 Å². The standard InChI is InChI=1S/C14H24.C12H24.C11H20.C11H16.C10H15N.C10H20.C9H14N2.C9H18.C7H14/c1-14(2,3)13-11-5-9-4-10(7-11)8-12(13)6-9;1-12(2,3)11-9-7-5-4-6-8-10-11;1-11(2,3)10-7-8-4-5-9(10)6-8;1-11(2,3)9-10-7-5-4-6-8-10;1-10(2,3)8-9-4-6-11-7-5-9;1-10(2,3)9-7-5-4-6-8-9;1-9(2,3)4-8-5-10-7-11-6-8;1-9(2,3)8-6-4-5-7-8;1-7(2,3)6-4-5-6/h9-13H,4-8H2,1-3H3;11H,4-10H2,1-3H3;8-10H,4-7H2,1-3H3;4-8H,9H2,1-3H3;4-7H,8H2,1-3H3;9H,4-8H2,1-3H3;5-7H,4H2,1-3H3;8H,4-7H2,1-3H3;6H,4-5H2,1-3H3. The van der Waals surface area contributed by atoms with Crippen LogP contribution in [0, 0.1) is 120 Å². The van der Waals surface area contributed by atoms with E-state index >= 15 is 0 Å². The van der Waals surface area contributed by atoms with E-state index in [0.29, 0.717) is 48.7 Å². The Morgan fingerprint density at radius 3 is 0.917 bits per heavy atom. The number of fused-ring (bicyclic) bond motifs is 2. The third kappa shape index (κ3) is 35.4. The van der Waals surface area contributed by atoms with Gasteiger partial charge < -0.3 is 0 Å². The molecule has 1 aromatic carbocycles. The molecule has 2 aromatic heterocycles. The molecule has 10 saturated carbocycles. The quantitative estimate of drug-likeness (QED) is 0.262. The van der Waals surface area contributed by atoms with Gasteiger partial charge in [0.2, 0.25) is 0 Å². The molecule has 10 fully saturated rings. The molecule has 0 radical (unpaired) electrons. The SMILES string of the molecule is CC(C)(C)C1C2CC3CC(C2)CC1C3.CC(C)(C)C1CC1.CC(C)(C)C1CC2CCC1C2.CC(C)(C)C1CCCC1.CC(C)(C)C1CCCCC1.CC(C)(C)C1CCCCCCC1.CC(C)(C)Cc1ccccc1.CC(C)(C)Cc1ccncc1.CC(C)(C)Cc1cncnc1. The van der Waals surface area contributed by atoms with E-state index in [0.717, 1.165) is 90.3 Å². The molecule has 0 N–H and O–H groups in total. The van der Waals surface area contributed by atoms with Crippen molar-refractivity contribution in [3.8, 4) is 0 Å². The summed E-state index contributed by atoms with van der Waals surface area (Å²) in [5.41, 5.74) is 8.58. The van der Waals surface area contributed by atoms with E-state index < -0.39 is 0 Å². The average molecular weight is 1330 g/mol. The largest absolute Gasteiger partial charge is 0.265 e. The Morgan fingerprint density at radius 2 is 0.615 bits per heavy atom. The van der Waals surface area contributed by atoms with Crippen molar-refractivity contribution in [1.29, 1.82) is 0 Å². The Labute approximate surface area is 601 Å². The minimum absolute atomic E-state index is 0.324. The normalized spacial score (nSPS) is 25.5. The molecule has 0 spiro atoms. The Bertz CT molecular complexity index is 2300. The molecule has 0 aliphatic heterocycles. The van der Waals surface area contributed by atoms with Crippen molar-refractivity contribution in [3.63, 3.8) is 0 Å². The van der Waals surface area contributed by atoms with Gasteiger partial charge in [-0.15, -0.1) is 0 Å². The average Bonchev–Trinajstić information content (AvgIpc) is 1.09. The number of nitrogens with zero attached hydrogens (tertiary/aromatic N) is 3. The minimum atomic E-state index is 0.324. The molecule has 3 nitrogen and oxygen atoms in total. The summed E-state index contributed by atoms with van der Waals surface area (Å²) in [6.07, 6.45) is 53.0. The highest BCUT2D eigenvalue weighted by molar-refractivity contribution is 5.16. The van der Waals surface area contributed by atoms with Gasteiger partial charge in [-0.05, 0) is 271 Å². The lowest BCUT2D eigenvalue weighted by Crippen LogP contribution is -2.49. The molecule has 10 aliphatic carbocycles. The topological polar surface area (TPSA) is 38.7 Å². The summed E-state index contributed by atoms with van der Waals surface area (Å²) in [5, 5.41) is 0. The third-order valence-electron chi connectivity index (χ3n) is 24.0. The zero-order valence-electron chi connectivity index (χ0n) is 69.4. The summed E-state index contributed by atoms with van der Waals surface area (Å²) in [6.45, 7) is 63.2. The highest BCUT2D eigenvalue weighted by Gasteiger charge is 2.51. The van der Waals surface area contributed by atoms with E-state index in [1.165, 1.54) is 152 Å². The maximum Gasteiger partial charge on any atom is 0.115 e. The van der Waals surface area contributed by atoms with Crippen LogP contribution >= 0.6 is 0 Å². The molecule has 0 saturated heterocycles. The van der Waals surface area contributed by atoms with Gasteiger partial charge in [0.05, 0.1) is 0 Å². The Kier molecular flexibility index (Phi) is 34.6. The van der Waals surface area contributed by atoms with E-state index in [4.69, 9.17) is 0 Å². The van der Waals surface area contributed by atoms with Crippen molar-refractivity contribution in [3.05, 3.63) is 90.3 Å². The second kappa shape index (κ2) is 38.6. The molecule has 2 heterocycles. The lowest BCUT2D eigenvalue weighted by molar-refractivity contribution is -0.0811. The van der Waals surface area contributed by atoms with Gasteiger partial charge in [-0.1, -0.05) is 288 Å². The molecule has 96 heavy (non-hydrogen) atoms. The van der Waals surface area contributed by atoms with Gasteiger partial charge in [0.1, 0.15) is 6.33 Å². The van der Waals surface area contributed by atoms with Crippen LogP contribution in [0.25, 0.3) is 0 Å². The zero-order chi connectivity index (χ0) is 72.0. The van der Waals surface area contributed by atoms with Gasteiger partial charge in [-0.25, -0.2) is 9.97 Å². The van der Waals surface area contributed by atoms with Crippen LogP contribution in [0.4, 0.5) is 0 Å². The number of hydrogen-bond acceptors (Lipinski definition) is 3. The monoisotopic (exact) mass is 1320 g/mol. The molecule has 6 bridgehead atoms. The molecule has 552 valence electrons. The Balaban J connectivity index is 0.000000231. The van der Waals surface area contributed by atoms with Crippen LogP contribution in [0.15, 0.2) is 73.6 Å². The van der Waals surface area contributed by atoms with Gasteiger partial charge >= 0.3 is 0 Å². The van der Waals surface area contributed by atoms with E-state index in [9.17, 15) is 0 Å². The van der Waals surface area contributed by atoms with Crippen molar-refractivity contribution < 1.29 is 0 Å². The molecule has 3 unspecified atom stereocenters. The van der Waals surface area contributed by atoms with Crippen LogP contribution in [0.3, 0.4) is 0 Å². The van der Waals surface area contributed by atoms with Crippen molar-refractivity contribution in [2.24, 2.45) is 120 Å². The summed E-state index contributed by atoms with van der Waals surface area (Å²) in [4.78, 5) is 11.9. The van der Waals surface area contributed by atoms with Crippen LogP contribution in [0.5, 0.6) is 0 Å². The first kappa shape index (κ1) is 85.9. The number of benzene rings is 1. The van der Waals surface area contributed by atoms with Crippen molar-refractivity contribution in [1.82, 2.24) is 15.0 Å². The molecule has 10 aliphatic rings. The molecule has 3 aromatic rings. The van der Waals surface area contributed by atoms with Gasteiger partial charge in [-0.2, -0.15) is 0 Å². The van der Waals surface area contributed by atoms with E-state index in [1.54, 1.807) is 44.9 Å². The van der Waals surface area contributed by atoms with Crippen molar-refractivity contribution in [2.45, 2.75) is 380 Å². The summed E-state index contributed by atoms with van der Waals surface area (Å²) in [6, 6.07) is 14.8. The van der Waals surface area contributed by atoms with Gasteiger partial charge in [0.15, 0.2) is 0 Å².